The van der Waals surface area contributed by atoms with Gasteiger partial charge in [-0.1, -0.05) is 15.9 Å². The molecule has 26 heavy (non-hydrogen) atoms. The first-order chi connectivity index (χ1) is 12.6. The van der Waals surface area contributed by atoms with Crippen LogP contribution < -0.4 is 11.2 Å². The summed E-state index contributed by atoms with van der Waals surface area (Å²) in [5.74, 6) is -0.445. The fraction of sp³-hybridized carbons (Fsp3) is 0.176. The second-order valence-electron chi connectivity index (χ2n) is 5.50. The van der Waals surface area contributed by atoms with Gasteiger partial charge in [0, 0.05) is 36.2 Å². The predicted molar refractivity (Wildman–Crippen MR) is 101 cm³/mol. The van der Waals surface area contributed by atoms with Gasteiger partial charge in [-0.2, -0.15) is 0 Å². The van der Waals surface area contributed by atoms with Crippen molar-refractivity contribution in [2.45, 2.75) is 13.0 Å². The Hall–Kier alpha value is -2.94. The number of halogens is 1. The molecule has 0 atom stereocenters. The van der Waals surface area contributed by atoms with E-state index in [1.165, 1.54) is 6.21 Å². The number of nitrogens with zero attached hydrogens (tertiary/aromatic N) is 4. The van der Waals surface area contributed by atoms with Crippen LogP contribution in [0.4, 0.5) is 0 Å². The fourth-order valence-corrected chi connectivity index (χ4v) is 2.67. The topological polar surface area (TPSA) is 105 Å². The molecule has 0 aliphatic carbocycles. The van der Waals surface area contributed by atoms with Crippen LogP contribution >= 0.6 is 15.9 Å². The smallest absolute Gasteiger partial charge is 0.335 e. The molecule has 0 bridgehead atoms. The van der Waals surface area contributed by atoms with Gasteiger partial charge in [-0.05, 0) is 30.7 Å². The normalized spacial score (nSPS) is 11.3. The van der Waals surface area contributed by atoms with Crippen molar-refractivity contribution < 1.29 is 5.11 Å². The maximum atomic E-state index is 12.1. The Morgan fingerprint density at radius 3 is 2.73 bits per heavy atom. The summed E-state index contributed by atoms with van der Waals surface area (Å²) in [5, 5.41) is 10.4. The quantitative estimate of drug-likeness (QED) is 0.470. The van der Waals surface area contributed by atoms with Crippen molar-refractivity contribution in [1.29, 1.82) is 0 Å². The molecule has 0 saturated carbocycles. The summed E-state index contributed by atoms with van der Waals surface area (Å²) in [5.41, 5.74) is -1.02. The molecule has 0 spiro atoms. The van der Waals surface area contributed by atoms with Crippen molar-refractivity contribution in [1.82, 2.24) is 19.1 Å². The Morgan fingerprint density at radius 1 is 1.27 bits per heavy atom. The van der Waals surface area contributed by atoms with E-state index in [1.807, 2.05) is 10.8 Å². The number of H-pyrrole nitrogens is 1. The molecule has 2 heterocycles. The third-order valence-electron chi connectivity index (χ3n) is 3.69. The summed E-state index contributed by atoms with van der Waals surface area (Å²) in [6, 6.07) is 6.76. The third kappa shape index (κ3) is 3.99. The minimum atomic E-state index is -0.716. The summed E-state index contributed by atoms with van der Waals surface area (Å²) in [6.45, 7) is 1.21. The van der Waals surface area contributed by atoms with Crippen LogP contribution in [0.5, 0.6) is 5.88 Å². The Kier molecular flexibility index (Phi) is 5.47. The maximum Gasteiger partial charge on any atom is 0.335 e. The Balaban J connectivity index is 1.81. The number of hydrogen-bond acceptors (Lipinski definition) is 5. The first-order valence-electron chi connectivity index (χ1n) is 7.86. The van der Waals surface area contributed by atoms with E-state index >= 15 is 0 Å². The zero-order valence-electron chi connectivity index (χ0n) is 13.7. The molecule has 9 heteroatoms. The molecule has 0 aliphatic heterocycles. The number of aryl methyl sites for hydroxylation is 1. The standard InChI is InChI=1S/C17H16BrN5O3/c18-12-2-4-13(5-3-12)23-16(25)14(15(24)21-17(23)26)10-19-6-1-8-22-9-7-20-11-22/h2-5,7,9-11,25H,1,6,8H2,(H,21,24,26). The van der Waals surface area contributed by atoms with E-state index in [4.69, 9.17) is 0 Å². The second kappa shape index (κ2) is 7.96. The van der Waals surface area contributed by atoms with Gasteiger partial charge in [-0.3, -0.25) is 14.8 Å². The lowest BCUT2D eigenvalue weighted by Gasteiger charge is -2.09. The van der Waals surface area contributed by atoms with Crippen LogP contribution in [0.2, 0.25) is 0 Å². The van der Waals surface area contributed by atoms with Gasteiger partial charge in [0.2, 0.25) is 5.88 Å². The van der Waals surface area contributed by atoms with E-state index in [-0.39, 0.29) is 5.56 Å². The molecule has 3 rings (SSSR count). The van der Waals surface area contributed by atoms with E-state index in [0.29, 0.717) is 12.2 Å². The molecule has 0 radical (unpaired) electrons. The predicted octanol–water partition coefficient (Wildman–Crippen LogP) is 1.70. The summed E-state index contributed by atoms with van der Waals surface area (Å²) >= 11 is 3.31. The number of hydrogen-bond donors (Lipinski definition) is 2. The summed E-state index contributed by atoms with van der Waals surface area (Å²) in [4.78, 5) is 34.4. The lowest BCUT2D eigenvalue weighted by atomic mass is 10.3. The van der Waals surface area contributed by atoms with E-state index in [0.717, 1.165) is 22.0 Å². The van der Waals surface area contributed by atoms with Crippen molar-refractivity contribution in [3.63, 3.8) is 0 Å². The molecule has 134 valence electrons. The first kappa shape index (κ1) is 17.9. The molecule has 0 aliphatic rings. The number of benzene rings is 1. The Morgan fingerprint density at radius 2 is 2.04 bits per heavy atom. The van der Waals surface area contributed by atoms with Gasteiger partial charge in [-0.15, -0.1) is 0 Å². The third-order valence-corrected chi connectivity index (χ3v) is 4.22. The van der Waals surface area contributed by atoms with Crippen LogP contribution in [0.1, 0.15) is 12.0 Å². The van der Waals surface area contributed by atoms with Crippen molar-refractivity contribution in [3.05, 3.63) is 73.9 Å². The largest absolute Gasteiger partial charge is 0.493 e. The highest BCUT2D eigenvalue weighted by Gasteiger charge is 2.13. The van der Waals surface area contributed by atoms with Crippen molar-refractivity contribution in [3.8, 4) is 11.6 Å². The van der Waals surface area contributed by atoms with Crippen LogP contribution in [-0.4, -0.2) is 37.0 Å². The van der Waals surface area contributed by atoms with Crippen LogP contribution in [-0.2, 0) is 6.54 Å². The van der Waals surface area contributed by atoms with Gasteiger partial charge in [0.1, 0.15) is 5.56 Å². The number of nitrogens with one attached hydrogen (secondary N) is 1. The van der Waals surface area contributed by atoms with Crippen LogP contribution in [0.25, 0.3) is 5.69 Å². The Bertz CT molecular complexity index is 1020. The molecule has 0 saturated heterocycles. The highest BCUT2D eigenvalue weighted by atomic mass is 79.9. The molecule has 0 fully saturated rings. The number of aliphatic imine (C=N–C) groups is 1. The molecular weight excluding hydrogens is 402 g/mol. The zero-order chi connectivity index (χ0) is 18.5. The summed E-state index contributed by atoms with van der Waals surface area (Å²) in [6.07, 6.45) is 7.31. The van der Waals surface area contributed by atoms with E-state index in [2.05, 4.69) is 30.9 Å². The number of aromatic nitrogens is 4. The Labute approximate surface area is 156 Å². The number of rotatable bonds is 6. The monoisotopic (exact) mass is 417 g/mol. The average molecular weight is 418 g/mol. The van der Waals surface area contributed by atoms with Crippen LogP contribution in [0.3, 0.4) is 0 Å². The molecule has 1 aromatic carbocycles. The van der Waals surface area contributed by atoms with Crippen LogP contribution in [0, 0.1) is 0 Å². The minimum Gasteiger partial charge on any atom is -0.493 e. The van der Waals surface area contributed by atoms with Crippen molar-refractivity contribution >= 4 is 22.1 Å². The zero-order valence-corrected chi connectivity index (χ0v) is 15.3. The van der Waals surface area contributed by atoms with Gasteiger partial charge < -0.3 is 9.67 Å². The minimum absolute atomic E-state index is 0.0600. The highest BCUT2D eigenvalue weighted by molar-refractivity contribution is 9.10. The van der Waals surface area contributed by atoms with Crippen molar-refractivity contribution in [2.75, 3.05) is 6.54 Å². The molecule has 0 unspecified atom stereocenters. The van der Waals surface area contributed by atoms with E-state index in [1.54, 1.807) is 36.8 Å². The maximum absolute atomic E-state index is 12.1. The molecule has 8 nitrogen and oxygen atoms in total. The van der Waals surface area contributed by atoms with Gasteiger partial charge >= 0.3 is 5.69 Å². The number of imidazole rings is 1. The number of aromatic hydroxyl groups is 1. The highest BCUT2D eigenvalue weighted by Crippen LogP contribution is 2.17. The fourth-order valence-electron chi connectivity index (χ4n) is 2.40. The first-order valence-corrected chi connectivity index (χ1v) is 8.65. The molecule has 2 aromatic heterocycles. The van der Waals surface area contributed by atoms with Crippen molar-refractivity contribution in [2.24, 2.45) is 4.99 Å². The SMILES string of the molecule is O=c1[nH]c(=O)n(-c2ccc(Br)cc2)c(O)c1C=NCCCn1ccnc1. The lowest BCUT2D eigenvalue weighted by Crippen LogP contribution is -2.31. The average Bonchev–Trinajstić information content (AvgIpc) is 3.12. The van der Waals surface area contributed by atoms with E-state index in [9.17, 15) is 14.7 Å². The lowest BCUT2D eigenvalue weighted by molar-refractivity contribution is 0.430. The van der Waals surface area contributed by atoms with Gasteiger partial charge in [0.25, 0.3) is 5.56 Å². The van der Waals surface area contributed by atoms with Gasteiger partial charge in [0.15, 0.2) is 0 Å². The molecule has 2 N–H and O–H groups in total. The van der Waals surface area contributed by atoms with Gasteiger partial charge in [-0.25, -0.2) is 14.3 Å². The molecular formula is C17H16BrN5O3. The summed E-state index contributed by atoms with van der Waals surface area (Å²) in [7, 11) is 0. The van der Waals surface area contributed by atoms with Crippen LogP contribution in [0.15, 0.2) is 62.0 Å². The molecule has 0 amide bonds. The van der Waals surface area contributed by atoms with E-state index < -0.39 is 17.1 Å². The number of aromatic amines is 1. The molecule has 3 aromatic rings. The second-order valence-corrected chi connectivity index (χ2v) is 6.41. The summed E-state index contributed by atoms with van der Waals surface area (Å²) < 4.78 is 3.78. The van der Waals surface area contributed by atoms with Gasteiger partial charge in [0.05, 0.1) is 12.0 Å².